The molecule has 2 N–H and O–H groups in total. The lowest BCUT2D eigenvalue weighted by Crippen LogP contribution is -2.34. The molecule has 1 fully saturated rings. The molecule has 0 spiro atoms. The van der Waals surface area contributed by atoms with Gasteiger partial charge in [0.15, 0.2) is 0 Å². The van der Waals surface area contributed by atoms with Crippen molar-refractivity contribution in [3.63, 3.8) is 0 Å². The first-order valence-corrected chi connectivity index (χ1v) is 7.38. The largest absolute Gasteiger partial charge is 0.490 e. The minimum Gasteiger partial charge on any atom is -0.490 e. The third-order valence-electron chi connectivity index (χ3n) is 4.06. The first-order chi connectivity index (χ1) is 8.85. The van der Waals surface area contributed by atoms with E-state index < -0.39 is 0 Å². The van der Waals surface area contributed by atoms with Gasteiger partial charge in [0.1, 0.15) is 5.75 Å². The fourth-order valence-corrected chi connectivity index (χ4v) is 3.39. The first-order valence-electron chi connectivity index (χ1n) is 7.38. The van der Waals surface area contributed by atoms with Crippen LogP contribution in [0.3, 0.4) is 0 Å². The molecule has 3 atom stereocenters. The summed E-state index contributed by atoms with van der Waals surface area (Å²) >= 11 is 0. The number of nitrogens with two attached hydrogens (primary N) is 1. The molecule has 0 aliphatic heterocycles. The third-order valence-corrected chi connectivity index (χ3v) is 4.06. The van der Waals surface area contributed by atoms with Crippen molar-refractivity contribution in [1.82, 2.24) is 0 Å². The Hall–Kier alpha value is -1.02. The second-order valence-electron chi connectivity index (χ2n) is 7.01. The molecule has 1 saturated carbocycles. The van der Waals surface area contributed by atoms with Crippen LogP contribution >= 0.6 is 0 Å². The predicted octanol–water partition coefficient (Wildman–Crippen LogP) is 4.30. The summed E-state index contributed by atoms with van der Waals surface area (Å²) in [5, 5.41) is 0. The lowest BCUT2D eigenvalue weighted by Gasteiger charge is -2.38. The monoisotopic (exact) mass is 261 g/mol. The zero-order valence-electron chi connectivity index (χ0n) is 12.6. The van der Waals surface area contributed by atoms with Gasteiger partial charge in [-0.2, -0.15) is 0 Å². The molecule has 2 unspecified atom stereocenters. The van der Waals surface area contributed by atoms with Crippen LogP contribution in [-0.4, -0.2) is 6.10 Å². The first kappa shape index (κ1) is 14.4. The van der Waals surface area contributed by atoms with Gasteiger partial charge in [0.05, 0.1) is 6.10 Å². The summed E-state index contributed by atoms with van der Waals surface area (Å²) in [7, 11) is 0. The van der Waals surface area contributed by atoms with Crippen LogP contribution in [-0.2, 0) is 0 Å². The molecule has 19 heavy (non-hydrogen) atoms. The molecule has 2 nitrogen and oxygen atoms in total. The van der Waals surface area contributed by atoms with Crippen LogP contribution < -0.4 is 10.5 Å². The fourth-order valence-electron chi connectivity index (χ4n) is 3.39. The Balaban J connectivity index is 2.00. The van der Waals surface area contributed by atoms with Gasteiger partial charge in [0.2, 0.25) is 0 Å². The van der Waals surface area contributed by atoms with E-state index in [2.05, 4.69) is 32.9 Å². The molecule has 0 bridgehead atoms. The molecule has 1 aromatic rings. The second-order valence-corrected chi connectivity index (χ2v) is 7.01. The highest BCUT2D eigenvalue weighted by atomic mass is 16.5. The van der Waals surface area contributed by atoms with E-state index in [-0.39, 0.29) is 6.04 Å². The van der Waals surface area contributed by atoms with Crippen LogP contribution in [0.25, 0.3) is 0 Å². The van der Waals surface area contributed by atoms with Crippen molar-refractivity contribution < 1.29 is 4.74 Å². The molecule has 0 heterocycles. The van der Waals surface area contributed by atoms with Crippen LogP contribution in [0.2, 0.25) is 0 Å². The summed E-state index contributed by atoms with van der Waals surface area (Å²) in [6.07, 6.45) is 3.96. The average Bonchev–Trinajstić information content (AvgIpc) is 2.26. The van der Waals surface area contributed by atoms with Crippen LogP contribution in [0.5, 0.6) is 5.75 Å². The Kier molecular flexibility index (Phi) is 4.19. The van der Waals surface area contributed by atoms with Crippen molar-refractivity contribution >= 4 is 0 Å². The Morgan fingerprint density at radius 2 is 1.84 bits per heavy atom. The normalized spacial score (nSPS) is 27.8. The van der Waals surface area contributed by atoms with E-state index in [0.717, 1.165) is 23.7 Å². The summed E-state index contributed by atoms with van der Waals surface area (Å²) in [5.74, 6) is 1.72. The molecule has 0 aromatic heterocycles. The Bertz CT molecular complexity index is 408. The summed E-state index contributed by atoms with van der Waals surface area (Å²) in [6.45, 7) is 9.02. The van der Waals surface area contributed by atoms with Crippen molar-refractivity contribution in [3.8, 4) is 5.75 Å². The molecule has 2 heteroatoms. The third kappa shape index (κ3) is 3.97. The van der Waals surface area contributed by atoms with E-state index in [1.54, 1.807) is 0 Å². The maximum Gasteiger partial charge on any atom is 0.119 e. The molecule has 2 rings (SSSR count). The molecule has 0 saturated heterocycles. The van der Waals surface area contributed by atoms with E-state index in [4.69, 9.17) is 10.5 Å². The van der Waals surface area contributed by atoms with Crippen LogP contribution in [0, 0.1) is 11.3 Å². The van der Waals surface area contributed by atoms with Gasteiger partial charge in [-0.3, -0.25) is 0 Å². The molecule has 0 radical (unpaired) electrons. The lowest BCUT2D eigenvalue weighted by atomic mass is 9.71. The Morgan fingerprint density at radius 3 is 2.37 bits per heavy atom. The quantitative estimate of drug-likeness (QED) is 0.880. The van der Waals surface area contributed by atoms with Crippen molar-refractivity contribution in [1.29, 1.82) is 0 Å². The standard InChI is InChI=1S/C17H27NO/c1-12-9-16(11-17(3,4)10-12)19-15-7-5-14(6-8-15)13(2)18/h5-8,12-13,16H,9-11,18H2,1-4H3/t12?,13-,16?/m0/s1. The molecular formula is C17H27NO. The van der Waals surface area contributed by atoms with E-state index in [0.29, 0.717) is 11.5 Å². The molecule has 106 valence electrons. The van der Waals surface area contributed by atoms with Crippen molar-refractivity contribution in [2.75, 3.05) is 0 Å². The molecule has 1 aromatic carbocycles. The topological polar surface area (TPSA) is 35.2 Å². The number of benzene rings is 1. The van der Waals surface area contributed by atoms with Crippen molar-refractivity contribution in [2.45, 2.75) is 59.1 Å². The average molecular weight is 261 g/mol. The zero-order valence-corrected chi connectivity index (χ0v) is 12.6. The molecule has 0 amide bonds. The van der Waals surface area contributed by atoms with E-state index in [1.165, 1.54) is 12.8 Å². The van der Waals surface area contributed by atoms with Crippen LogP contribution in [0.1, 0.15) is 58.6 Å². The van der Waals surface area contributed by atoms with Crippen molar-refractivity contribution in [3.05, 3.63) is 29.8 Å². The summed E-state index contributed by atoms with van der Waals surface area (Å²) < 4.78 is 6.16. The van der Waals surface area contributed by atoms with Gasteiger partial charge in [-0.25, -0.2) is 0 Å². The summed E-state index contributed by atoms with van der Waals surface area (Å²) in [5.41, 5.74) is 7.41. The Labute approximate surface area is 117 Å². The van der Waals surface area contributed by atoms with Gasteiger partial charge < -0.3 is 10.5 Å². The maximum absolute atomic E-state index is 6.16. The highest BCUT2D eigenvalue weighted by Gasteiger charge is 2.33. The fraction of sp³-hybridized carbons (Fsp3) is 0.647. The minimum absolute atomic E-state index is 0.0858. The van der Waals surface area contributed by atoms with E-state index in [1.807, 2.05) is 19.1 Å². The van der Waals surface area contributed by atoms with Crippen LogP contribution in [0.15, 0.2) is 24.3 Å². The van der Waals surface area contributed by atoms with Crippen molar-refractivity contribution in [2.24, 2.45) is 17.1 Å². The van der Waals surface area contributed by atoms with Crippen LogP contribution in [0.4, 0.5) is 0 Å². The van der Waals surface area contributed by atoms with E-state index >= 15 is 0 Å². The smallest absolute Gasteiger partial charge is 0.119 e. The summed E-state index contributed by atoms with van der Waals surface area (Å²) in [6, 6.07) is 8.31. The molecular weight excluding hydrogens is 234 g/mol. The Morgan fingerprint density at radius 1 is 1.21 bits per heavy atom. The second kappa shape index (κ2) is 5.54. The predicted molar refractivity (Wildman–Crippen MR) is 80.3 cm³/mol. The highest BCUT2D eigenvalue weighted by Crippen LogP contribution is 2.40. The highest BCUT2D eigenvalue weighted by molar-refractivity contribution is 5.29. The number of hydrogen-bond acceptors (Lipinski definition) is 2. The maximum atomic E-state index is 6.16. The van der Waals surface area contributed by atoms with Gasteiger partial charge in [0, 0.05) is 6.04 Å². The minimum atomic E-state index is 0.0858. The SMILES string of the molecule is CC1CC(Oc2ccc([C@H](C)N)cc2)CC(C)(C)C1. The van der Waals surface area contributed by atoms with Gasteiger partial charge in [0.25, 0.3) is 0 Å². The van der Waals surface area contributed by atoms with Gasteiger partial charge >= 0.3 is 0 Å². The number of hydrogen-bond donors (Lipinski definition) is 1. The van der Waals surface area contributed by atoms with Gasteiger partial charge in [-0.1, -0.05) is 32.9 Å². The summed E-state index contributed by atoms with van der Waals surface area (Å²) in [4.78, 5) is 0. The van der Waals surface area contributed by atoms with Gasteiger partial charge in [-0.15, -0.1) is 0 Å². The lowest BCUT2D eigenvalue weighted by molar-refractivity contribution is 0.0562. The van der Waals surface area contributed by atoms with Gasteiger partial charge in [-0.05, 0) is 55.2 Å². The zero-order chi connectivity index (χ0) is 14.0. The van der Waals surface area contributed by atoms with E-state index in [9.17, 15) is 0 Å². The number of ether oxygens (including phenoxy) is 1. The number of rotatable bonds is 3. The molecule has 1 aliphatic rings. The molecule has 1 aliphatic carbocycles.